The van der Waals surface area contributed by atoms with Crippen LogP contribution in [0, 0.1) is 16.7 Å². The minimum atomic E-state index is -2.48. The molecule has 1 heterocycles. The van der Waals surface area contributed by atoms with Crippen LogP contribution in [0.2, 0.25) is 19.6 Å². The summed E-state index contributed by atoms with van der Waals surface area (Å²) in [7, 11) is -2.48. The zero-order valence-electron chi connectivity index (χ0n) is 26.2. The number of hydrogen-bond acceptors (Lipinski definition) is 10. The largest absolute Gasteiger partial charge is 0.455 e. The van der Waals surface area contributed by atoms with Gasteiger partial charge in [0.1, 0.15) is 23.9 Å². The topological polar surface area (TPSA) is 149 Å². The second-order valence-corrected chi connectivity index (χ2v) is 18.9. The first-order chi connectivity index (χ1) is 19.8. The smallest absolute Gasteiger partial charge is 0.338 e. The highest BCUT2D eigenvalue weighted by molar-refractivity contribution is 6.70. The summed E-state index contributed by atoms with van der Waals surface area (Å²) in [6.07, 6.45) is -6.32. The summed E-state index contributed by atoms with van der Waals surface area (Å²) < 4.78 is 24.7. The van der Waals surface area contributed by atoms with Crippen molar-refractivity contribution in [2.24, 2.45) is 16.7 Å². The van der Waals surface area contributed by atoms with Gasteiger partial charge in [-0.1, -0.05) is 32.0 Å². The number of aliphatic hydroxyl groups excluding tert-OH is 2. The molecule has 3 aliphatic carbocycles. The van der Waals surface area contributed by atoms with Gasteiger partial charge in [0.05, 0.1) is 35.7 Å². The molecule has 0 spiro atoms. The van der Waals surface area contributed by atoms with Gasteiger partial charge in [0.25, 0.3) is 0 Å². The molecule has 0 unspecified atom stereocenters. The van der Waals surface area contributed by atoms with Crippen LogP contribution in [0.4, 0.5) is 0 Å². The van der Waals surface area contributed by atoms with Crippen molar-refractivity contribution in [3.05, 3.63) is 47.0 Å². The van der Waals surface area contributed by atoms with Crippen LogP contribution in [0.3, 0.4) is 0 Å². The zero-order valence-corrected chi connectivity index (χ0v) is 27.2. The Morgan fingerprint density at radius 2 is 1.70 bits per heavy atom. The van der Waals surface area contributed by atoms with Gasteiger partial charge in [0.15, 0.2) is 19.7 Å². The fraction of sp³-hybridized carbons (Fsp3) is 0.656. The molecule has 0 aromatic heterocycles. The highest BCUT2D eigenvalue weighted by Crippen LogP contribution is 2.64. The van der Waals surface area contributed by atoms with Crippen LogP contribution in [0.5, 0.6) is 0 Å². The monoisotopic (exact) mass is 616 g/mol. The third kappa shape index (κ3) is 4.66. The number of hydrogen-bond donors (Lipinski definition) is 3. The lowest BCUT2D eigenvalue weighted by Gasteiger charge is -2.67. The Labute approximate surface area is 253 Å². The average molecular weight is 617 g/mol. The summed E-state index contributed by atoms with van der Waals surface area (Å²) in [6, 6.07) is 8.24. The normalized spacial score (nSPS) is 40.3. The maximum absolute atomic E-state index is 15.1. The van der Waals surface area contributed by atoms with Crippen molar-refractivity contribution in [3.8, 4) is 0 Å². The molecular formula is C32H44O10Si. The van der Waals surface area contributed by atoms with Gasteiger partial charge in [-0.15, -0.1) is 0 Å². The molecule has 3 N–H and O–H groups in total. The number of esters is 2. The van der Waals surface area contributed by atoms with Crippen molar-refractivity contribution in [3.63, 3.8) is 0 Å². The second kappa shape index (κ2) is 10.3. The molecule has 3 fully saturated rings. The van der Waals surface area contributed by atoms with E-state index in [9.17, 15) is 24.9 Å². The van der Waals surface area contributed by atoms with Gasteiger partial charge < -0.3 is 34.0 Å². The van der Waals surface area contributed by atoms with E-state index in [4.69, 9.17) is 18.6 Å². The first kappa shape index (κ1) is 32.0. The third-order valence-electron chi connectivity index (χ3n) is 10.4. The Hall–Kier alpha value is -2.41. The molecule has 0 radical (unpaired) electrons. The summed E-state index contributed by atoms with van der Waals surface area (Å²) in [5.41, 5.74) is -5.40. The minimum Gasteiger partial charge on any atom is -0.455 e. The molecule has 1 aromatic rings. The van der Waals surface area contributed by atoms with Gasteiger partial charge in [-0.2, -0.15) is 0 Å². The van der Waals surface area contributed by atoms with E-state index in [0.29, 0.717) is 11.1 Å². The van der Waals surface area contributed by atoms with Crippen LogP contribution in [0.1, 0.15) is 57.8 Å². The highest BCUT2D eigenvalue weighted by Gasteiger charge is 2.78. The molecule has 1 saturated heterocycles. The molecule has 5 rings (SSSR count). The quantitative estimate of drug-likeness (QED) is 0.256. The Morgan fingerprint density at radius 1 is 1.07 bits per heavy atom. The molecule has 43 heavy (non-hydrogen) atoms. The summed E-state index contributed by atoms with van der Waals surface area (Å²) in [5.74, 6) is -3.15. The Bertz CT molecular complexity index is 1350. The maximum Gasteiger partial charge on any atom is 0.338 e. The number of ketones is 1. The number of carbonyl (C=O) groups is 3. The molecule has 236 valence electrons. The molecule has 10 nitrogen and oxygen atoms in total. The fourth-order valence-electron chi connectivity index (χ4n) is 8.09. The zero-order chi connectivity index (χ0) is 31.9. The van der Waals surface area contributed by atoms with Gasteiger partial charge in [0.2, 0.25) is 0 Å². The molecule has 9 atom stereocenters. The van der Waals surface area contributed by atoms with Gasteiger partial charge in [-0.3, -0.25) is 9.59 Å². The number of fused-ring (bicyclic) bond motifs is 5. The van der Waals surface area contributed by atoms with E-state index in [-0.39, 0.29) is 25.0 Å². The summed E-state index contributed by atoms with van der Waals surface area (Å²) in [6.45, 7) is 13.7. The highest BCUT2D eigenvalue weighted by atomic mass is 28.4. The second-order valence-electron chi connectivity index (χ2n) is 14.4. The Balaban J connectivity index is 1.84. The van der Waals surface area contributed by atoms with Crippen LogP contribution < -0.4 is 0 Å². The lowest BCUT2D eigenvalue weighted by Crippen LogP contribution is -2.82. The van der Waals surface area contributed by atoms with Crippen molar-refractivity contribution >= 4 is 26.0 Å². The van der Waals surface area contributed by atoms with Crippen LogP contribution in [0.25, 0.3) is 0 Å². The molecule has 2 saturated carbocycles. The summed E-state index contributed by atoms with van der Waals surface area (Å²) >= 11 is 0. The van der Waals surface area contributed by atoms with E-state index < -0.39 is 84.5 Å². The minimum absolute atomic E-state index is 0.0203. The number of ether oxygens (including phenoxy) is 3. The van der Waals surface area contributed by atoms with Gasteiger partial charge >= 0.3 is 11.9 Å². The van der Waals surface area contributed by atoms with E-state index >= 15 is 4.79 Å². The van der Waals surface area contributed by atoms with Gasteiger partial charge in [0, 0.05) is 25.2 Å². The maximum atomic E-state index is 15.1. The van der Waals surface area contributed by atoms with E-state index in [1.165, 1.54) is 6.92 Å². The van der Waals surface area contributed by atoms with E-state index in [1.54, 1.807) is 58.0 Å². The van der Waals surface area contributed by atoms with Crippen LogP contribution in [0.15, 0.2) is 41.5 Å². The van der Waals surface area contributed by atoms with Crippen LogP contribution in [-0.2, 0) is 28.2 Å². The van der Waals surface area contributed by atoms with Crippen molar-refractivity contribution < 1.29 is 48.3 Å². The number of Topliss-reactive ketones (excluding diaryl/α,β-unsaturated/α-hetero) is 1. The number of aliphatic hydroxyl groups is 3. The van der Waals surface area contributed by atoms with Crippen LogP contribution >= 0.6 is 0 Å². The van der Waals surface area contributed by atoms with E-state index in [0.717, 1.165) is 0 Å². The van der Waals surface area contributed by atoms with Crippen LogP contribution in [-0.4, -0.2) is 89.7 Å². The molecular weight excluding hydrogens is 572 g/mol. The average Bonchev–Trinajstić information content (AvgIpc) is 2.90. The van der Waals surface area contributed by atoms with E-state index in [1.807, 2.05) is 19.6 Å². The molecule has 2 bridgehead atoms. The lowest BCUT2D eigenvalue weighted by atomic mass is 9.44. The number of benzene rings is 1. The number of rotatable bonds is 5. The van der Waals surface area contributed by atoms with Crippen molar-refractivity contribution in [2.75, 3.05) is 6.61 Å². The fourth-order valence-corrected chi connectivity index (χ4v) is 9.03. The van der Waals surface area contributed by atoms with E-state index in [2.05, 4.69) is 0 Å². The SMILES string of the molecule is CC(=O)O[C@@]12CO[C@@H]1C[C@H](O)[C@@]1(C)C(=O)[C@H](O[Si](C)(C)C)C3=C(C)[C@@H](O)C[C@@](O)([C@@H](OC(=O)c4ccccc4)[C@H]21)C3(C)C. The molecule has 0 amide bonds. The molecule has 11 heteroatoms. The van der Waals surface area contributed by atoms with Crippen molar-refractivity contribution in [1.82, 2.24) is 0 Å². The lowest BCUT2D eigenvalue weighted by molar-refractivity contribution is -0.345. The summed E-state index contributed by atoms with van der Waals surface area (Å²) in [4.78, 5) is 41.5. The standard InChI is InChI=1S/C32H44O10Si/c1-17-20(34)15-32(38)27(40-28(37)19-12-10-9-11-13-19)25-30(5,21(35)14-22-31(25,16-39-22)41-18(2)33)26(36)24(42-43(6,7)8)23(17)29(32,3)4/h9-13,20-22,24-25,27,34-35,38H,14-16H2,1-8H3/t20-,21-,22+,24+,25-,27-,30+,31-,32+/m0/s1. The van der Waals surface area contributed by atoms with Gasteiger partial charge in [-0.25, -0.2) is 4.79 Å². The van der Waals surface area contributed by atoms with Gasteiger partial charge in [-0.05, 0) is 56.8 Å². The predicted octanol–water partition coefficient (Wildman–Crippen LogP) is 2.94. The van der Waals surface area contributed by atoms with Crippen molar-refractivity contribution in [2.45, 2.75) is 109 Å². The first-order valence-corrected chi connectivity index (χ1v) is 18.3. The Morgan fingerprint density at radius 3 is 2.23 bits per heavy atom. The third-order valence-corrected chi connectivity index (χ3v) is 11.3. The molecule has 1 aromatic carbocycles. The number of carbonyl (C=O) groups excluding carboxylic acids is 3. The summed E-state index contributed by atoms with van der Waals surface area (Å²) in [5, 5.41) is 36.3. The predicted molar refractivity (Wildman–Crippen MR) is 157 cm³/mol. The molecule has 4 aliphatic rings. The molecule has 1 aliphatic heterocycles. The van der Waals surface area contributed by atoms with Crippen molar-refractivity contribution in [1.29, 1.82) is 0 Å². The Kier molecular flexibility index (Phi) is 7.68. The first-order valence-electron chi connectivity index (χ1n) is 14.9.